The molecule has 2 aromatic carbocycles. The van der Waals surface area contributed by atoms with E-state index in [1.54, 1.807) is 0 Å². The van der Waals surface area contributed by atoms with Gasteiger partial charge in [-0.15, -0.1) is 0 Å². The highest BCUT2D eigenvalue weighted by Gasteiger charge is 2.32. The predicted molar refractivity (Wildman–Crippen MR) is 124 cm³/mol. The molecule has 1 unspecified atom stereocenters. The van der Waals surface area contributed by atoms with E-state index in [0.29, 0.717) is 11.8 Å². The lowest BCUT2D eigenvalue weighted by molar-refractivity contribution is 0.207. The zero-order valence-corrected chi connectivity index (χ0v) is 18.1. The van der Waals surface area contributed by atoms with E-state index in [0.717, 1.165) is 18.8 Å². The minimum Gasteiger partial charge on any atom is -0.335 e. The monoisotopic (exact) mass is 397 g/mol. The molecule has 0 bridgehead atoms. The average molecular weight is 398 g/mol. The molecule has 2 aliphatic rings. The standard InChI is InChI=1S/C27H31N3/c1-20-28-14-18-30(20)17-13-23-19-22-7-3-4-9-25(22)27(21-11-15-29(2)16-12-21)26-10-6-5-8-24(23)26/h3-10,14,18-19,21,27H,11-13,15-17H2,1-2H3. The Bertz CT molecular complexity index is 1050. The summed E-state index contributed by atoms with van der Waals surface area (Å²) in [4.78, 5) is 6.87. The third kappa shape index (κ3) is 3.63. The summed E-state index contributed by atoms with van der Waals surface area (Å²) in [6.07, 6.45) is 10.0. The highest BCUT2D eigenvalue weighted by atomic mass is 15.1. The number of rotatable bonds is 4. The molecular weight excluding hydrogens is 366 g/mol. The lowest BCUT2D eigenvalue weighted by Crippen LogP contribution is -2.33. The van der Waals surface area contributed by atoms with E-state index in [2.05, 4.69) is 89.2 Å². The van der Waals surface area contributed by atoms with Crippen molar-refractivity contribution in [3.05, 3.63) is 89.0 Å². The molecule has 3 heteroatoms. The summed E-state index contributed by atoms with van der Waals surface area (Å²) < 4.78 is 2.26. The van der Waals surface area contributed by atoms with Crippen LogP contribution in [0.5, 0.6) is 0 Å². The van der Waals surface area contributed by atoms with Gasteiger partial charge in [-0.3, -0.25) is 0 Å². The lowest BCUT2D eigenvalue weighted by Gasteiger charge is -2.35. The zero-order valence-electron chi connectivity index (χ0n) is 18.1. The van der Waals surface area contributed by atoms with E-state index >= 15 is 0 Å². The first kappa shape index (κ1) is 19.3. The smallest absolute Gasteiger partial charge is 0.105 e. The zero-order chi connectivity index (χ0) is 20.5. The summed E-state index contributed by atoms with van der Waals surface area (Å²) in [5.74, 6) is 2.27. The van der Waals surface area contributed by atoms with Gasteiger partial charge in [0.15, 0.2) is 0 Å². The van der Waals surface area contributed by atoms with Gasteiger partial charge in [0, 0.05) is 24.9 Å². The SMILES string of the molecule is Cc1nccn1CCC1=Cc2ccccc2C(C2CCN(C)CC2)c2ccccc21. The molecule has 154 valence electrons. The maximum Gasteiger partial charge on any atom is 0.105 e. The summed E-state index contributed by atoms with van der Waals surface area (Å²) in [5.41, 5.74) is 7.31. The van der Waals surface area contributed by atoms with Gasteiger partial charge < -0.3 is 9.47 Å². The van der Waals surface area contributed by atoms with Crippen LogP contribution < -0.4 is 0 Å². The van der Waals surface area contributed by atoms with Crippen LogP contribution in [0.25, 0.3) is 11.6 Å². The number of aromatic nitrogens is 2. The molecule has 2 heterocycles. The van der Waals surface area contributed by atoms with Gasteiger partial charge in [0.05, 0.1) is 0 Å². The second-order valence-electron chi connectivity index (χ2n) is 8.92. The second kappa shape index (κ2) is 8.23. The summed E-state index contributed by atoms with van der Waals surface area (Å²) >= 11 is 0. The van der Waals surface area contributed by atoms with Crippen LogP contribution in [0.3, 0.4) is 0 Å². The van der Waals surface area contributed by atoms with E-state index in [9.17, 15) is 0 Å². The minimum atomic E-state index is 0.481. The number of nitrogens with zero attached hydrogens (tertiary/aromatic N) is 3. The Morgan fingerprint density at radius 1 is 0.967 bits per heavy atom. The summed E-state index contributed by atoms with van der Waals surface area (Å²) in [7, 11) is 2.25. The first-order valence-corrected chi connectivity index (χ1v) is 11.3. The van der Waals surface area contributed by atoms with Crippen LogP contribution in [0, 0.1) is 12.8 Å². The largest absolute Gasteiger partial charge is 0.335 e. The van der Waals surface area contributed by atoms with Crippen LogP contribution in [0.15, 0.2) is 60.9 Å². The van der Waals surface area contributed by atoms with Crippen molar-refractivity contribution in [3.8, 4) is 0 Å². The number of likely N-dealkylation sites (tertiary alicyclic amines) is 1. The number of aryl methyl sites for hydroxylation is 2. The molecular formula is C27H31N3. The van der Waals surface area contributed by atoms with Crippen molar-refractivity contribution < 1.29 is 0 Å². The normalized spacial score (nSPS) is 19.7. The quantitative estimate of drug-likeness (QED) is 0.570. The fraction of sp³-hybridized carbons (Fsp3) is 0.370. The summed E-state index contributed by atoms with van der Waals surface area (Å²) in [6.45, 7) is 5.45. The molecule has 1 fully saturated rings. The fourth-order valence-corrected chi connectivity index (χ4v) is 5.38. The second-order valence-corrected chi connectivity index (χ2v) is 8.92. The van der Waals surface area contributed by atoms with Crippen molar-refractivity contribution in [2.75, 3.05) is 20.1 Å². The molecule has 1 saturated heterocycles. The third-order valence-electron chi connectivity index (χ3n) is 7.08. The molecule has 30 heavy (non-hydrogen) atoms. The van der Waals surface area contributed by atoms with Gasteiger partial charge in [-0.05, 0) is 80.1 Å². The van der Waals surface area contributed by atoms with Gasteiger partial charge in [-0.2, -0.15) is 0 Å². The van der Waals surface area contributed by atoms with Crippen LogP contribution in [-0.2, 0) is 6.54 Å². The van der Waals surface area contributed by atoms with Crippen molar-refractivity contribution in [1.82, 2.24) is 14.5 Å². The Morgan fingerprint density at radius 2 is 1.70 bits per heavy atom. The van der Waals surface area contributed by atoms with Gasteiger partial charge >= 0.3 is 0 Å². The maximum absolute atomic E-state index is 4.40. The Hall–Kier alpha value is -2.65. The van der Waals surface area contributed by atoms with Crippen LogP contribution in [0.2, 0.25) is 0 Å². The van der Waals surface area contributed by atoms with Crippen molar-refractivity contribution in [1.29, 1.82) is 0 Å². The first-order chi connectivity index (χ1) is 14.7. The van der Waals surface area contributed by atoms with Gasteiger partial charge in [-0.25, -0.2) is 4.98 Å². The van der Waals surface area contributed by atoms with Crippen LogP contribution >= 0.6 is 0 Å². The van der Waals surface area contributed by atoms with E-state index < -0.39 is 0 Å². The molecule has 0 N–H and O–H groups in total. The summed E-state index contributed by atoms with van der Waals surface area (Å²) in [6, 6.07) is 18.3. The van der Waals surface area contributed by atoms with Gasteiger partial charge in [-0.1, -0.05) is 54.6 Å². The van der Waals surface area contributed by atoms with Gasteiger partial charge in [0.25, 0.3) is 0 Å². The number of piperidine rings is 1. The Balaban J connectivity index is 1.57. The number of hydrogen-bond acceptors (Lipinski definition) is 2. The number of imidazole rings is 1. The molecule has 1 aliphatic carbocycles. The Labute approximate surface area is 180 Å². The van der Waals surface area contributed by atoms with Gasteiger partial charge in [0.1, 0.15) is 5.82 Å². The Kier molecular flexibility index (Phi) is 5.30. The van der Waals surface area contributed by atoms with Crippen LogP contribution in [0.1, 0.15) is 53.3 Å². The molecule has 3 aromatic rings. The molecule has 3 nitrogen and oxygen atoms in total. The number of fused-ring (bicyclic) bond motifs is 2. The highest BCUT2D eigenvalue weighted by molar-refractivity contribution is 5.86. The molecule has 0 saturated carbocycles. The van der Waals surface area contributed by atoms with E-state index in [4.69, 9.17) is 0 Å². The molecule has 5 rings (SSSR count). The molecule has 1 aliphatic heterocycles. The van der Waals surface area contributed by atoms with E-state index in [1.165, 1.54) is 53.8 Å². The van der Waals surface area contributed by atoms with Gasteiger partial charge in [0.2, 0.25) is 0 Å². The molecule has 1 aromatic heterocycles. The number of hydrogen-bond donors (Lipinski definition) is 0. The van der Waals surface area contributed by atoms with Crippen molar-refractivity contribution in [3.63, 3.8) is 0 Å². The highest BCUT2D eigenvalue weighted by Crippen LogP contribution is 2.45. The maximum atomic E-state index is 4.40. The molecule has 0 radical (unpaired) electrons. The summed E-state index contributed by atoms with van der Waals surface area (Å²) in [5, 5.41) is 0. The van der Waals surface area contributed by atoms with Crippen LogP contribution in [0.4, 0.5) is 0 Å². The minimum absolute atomic E-state index is 0.481. The van der Waals surface area contributed by atoms with Crippen molar-refractivity contribution >= 4 is 11.6 Å². The molecule has 1 atom stereocenters. The van der Waals surface area contributed by atoms with E-state index in [1.807, 2.05) is 6.20 Å². The van der Waals surface area contributed by atoms with Crippen molar-refractivity contribution in [2.24, 2.45) is 5.92 Å². The van der Waals surface area contributed by atoms with Crippen LogP contribution in [-0.4, -0.2) is 34.6 Å². The fourth-order valence-electron chi connectivity index (χ4n) is 5.38. The van der Waals surface area contributed by atoms with Crippen molar-refractivity contribution in [2.45, 2.75) is 38.6 Å². The predicted octanol–water partition coefficient (Wildman–Crippen LogP) is 5.61. The Morgan fingerprint density at radius 3 is 2.47 bits per heavy atom. The topological polar surface area (TPSA) is 21.1 Å². The molecule has 0 spiro atoms. The lowest BCUT2D eigenvalue weighted by atomic mass is 9.74. The van der Waals surface area contributed by atoms with E-state index in [-0.39, 0.29) is 0 Å². The first-order valence-electron chi connectivity index (χ1n) is 11.3. The third-order valence-corrected chi connectivity index (χ3v) is 7.08. The average Bonchev–Trinajstić information content (AvgIpc) is 3.12. The number of benzene rings is 2. The molecule has 0 amide bonds. The number of allylic oxidation sites excluding steroid dienone is 1.